The second-order valence-electron chi connectivity index (χ2n) is 10.7. The highest BCUT2D eigenvalue weighted by Gasteiger charge is 2.25. The molecule has 0 aromatic heterocycles. The van der Waals surface area contributed by atoms with Crippen molar-refractivity contribution in [3.05, 3.63) is 47.5 Å². The second-order valence-corrected chi connectivity index (χ2v) is 10.7. The molecule has 0 saturated heterocycles. The largest absolute Gasteiger partial charge is 0.378 e. The molecular weight excluding hydrogens is 364 g/mol. The van der Waals surface area contributed by atoms with E-state index in [0.29, 0.717) is 12.0 Å². The van der Waals surface area contributed by atoms with Gasteiger partial charge in [0.2, 0.25) is 0 Å². The third-order valence-electron chi connectivity index (χ3n) is 8.34. The van der Waals surface area contributed by atoms with Crippen molar-refractivity contribution in [2.75, 3.05) is 6.61 Å². The van der Waals surface area contributed by atoms with Gasteiger partial charge in [0.15, 0.2) is 0 Å². The summed E-state index contributed by atoms with van der Waals surface area (Å²) in [5, 5.41) is 0. The summed E-state index contributed by atoms with van der Waals surface area (Å²) in [4.78, 5) is 0. The third-order valence-corrected chi connectivity index (χ3v) is 8.34. The molecule has 0 radical (unpaired) electrons. The van der Waals surface area contributed by atoms with Gasteiger partial charge in [-0.1, -0.05) is 69.5 Å². The zero-order chi connectivity index (χ0) is 20.8. The van der Waals surface area contributed by atoms with Crippen LogP contribution in [-0.2, 0) is 4.74 Å². The fraction of sp³-hybridized carbons (Fsp3) is 0.724. The van der Waals surface area contributed by atoms with Crippen molar-refractivity contribution >= 4 is 0 Å². The van der Waals surface area contributed by atoms with E-state index in [1.54, 1.807) is 11.1 Å². The summed E-state index contributed by atoms with van der Waals surface area (Å²) >= 11 is 0. The first-order valence-corrected chi connectivity index (χ1v) is 13.1. The average molecular weight is 409 g/mol. The van der Waals surface area contributed by atoms with Crippen LogP contribution in [0.2, 0.25) is 0 Å². The Hall–Kier alpha value is -1.08. The number of hydrogen-bond donors (Lipinski definition) is 0. The van der Waals surface area contributed by atoms with Crippen molar-refractivity contribution < 1.29 is 4.74 Å². The van der Waals surface area contributed by atoms with Crippen LogP contribution in [0.4, 0.5) is 0 Å². The smallest absolute Gasteiger partial charge is 0.0575 e. The molecule has 0 bridgehead atoms. The molecule has 1 heteroatoms. The van der Waals surface area contributed by atoms with Gasteiger partial charge in [-0.3, -0.25) is 0 Å². The molecule has 2 unspecified atom stereocenters. The molecule has 1 aromatic carbocycles. The fourth-order valence-electron chi connectivity index (χ4n) is 6.14. The van der Waals surface area contributed by atoms with E-state index in [4.69, 9.17) is 4.74 Å². The third kappa shape index (κ3) is 6.00. The lowest BCUT2D eigenvalue weighted by atomic mass is 9.78. The van der Waals surface area contributed by atoms with Crippen LogP contribution >= 0.6 is 0 Å². The lowest BCUT2D eigenvalue weighted by Gasteiger charge is -2.31. The Bertz CT molecular complexity index is 643. The van der Waals surface area contributed by atoms with Crippen LogP contribution in [0, 0.1) is 17.8 Å². The zero-order valence-corrected chi connectivity index (χ0v) is 19.5. The number of benzene rings is 1. The molecule has 166 valence electrons. The van der Waals surface area contributed by atoms with Gasteiger partial charge in [0.1, 0.15) is 0 Å². The predicted molar refractivity (Wildman–Crippen MR) is 128 cm³/mol. The molecular formula is C29H44O. The molecule has 0 heterocycles. The zero-order valence-electron chi connectivity index (χ0n) is 19.5. The number of ether oxygens (including phenoxy) is 1. The van der Waals surface area contributed by atoms with Crippen molar-refractivity contribution in [2.24, 2.45) is 17.8 Å². The van der Waals surface area contributed by atoms with Gasteiger partial charge in [-0.2, -0.15) is 0 Å². The first-order chi connectivity index (χ1) is 14.7. The van der Waals surface area contributed by atoms with Gasteiger partial charge in [-0.15, -0.1) is 0 Å². The average Bonchev–Trinajstić information content (AvgIpc) is 2.80. The Balaban J connectivity index is 1.19. The molecule has 4 rings (SSSR count). The number of rotatable bonds is 7. The van der Waals surface area contributed by atoms with E-state index in [1.165, 1.54) is 77.0 Å². The summed E-state index contributed by atoms with van der Waals surface area (Å²) in [6.07, 6.45) is 21.4. The molecule has 0 spiro atoms. The van der Waals surface area contributed by atoms with Gasteiger partial charge in [-0.25, -0.2) is 0 Å². The van der Waals surface area contributed by atoms with Gasteiger partial charge in [-0.05, 0) is 92.6 Å². The van der Waals surface area contributed by atoms with Gasteiger partial charge in [0.25, 0.3) is 0 Å². The first kappa shape index (κ1) is 22.1. The van der Waals surface area contributed by atoms with Crippen LogP contribution in [0.25, 0.3) is 0 Å². The van der Waals surface area contributed by atoms with Gasteiger partial charge >= 0.3 is 0 Å². The Morgan fingerprint density at radius 1 is 0.700 bits per heavy atom. The van der Waals surface area contributed by atoms with Crippen LogP contribution in [0.15, 0.2) is 36.4 Å². The summed E-state index contributed by atoms with van der Waals surface area (Å²) in [5.41, 5.74) is 3.16. The standard InChI is InChI=1S/C29H44O/c1-3-4-23-7-9-24(10-8-23)21-30-29-19-17-28(18-20-29)27-15-13-26(14-16-27)25-11-5-22(2)6-12-25/h7,9,13-16,22-25,28-29H,3-6,8,10-12,17-21H2,1-2H3. The molecule has 2 fully saturated rings. The molecule has 3 aliphatic rings. The molecule has 0 N–H and O–H groups in total. The van der Waals surface area contributed by atoms with E-state index < -0.39 is 0 Å². The maximum absolute atomic E-state index is 6.36. The first-order valence-electron chi connectivity index (χ1n) is 13.1. The Morgan fingerprint density at radius 3 is 1.77 bits per heavy atom. The lowest BCUT2D eigenvalue weighted by Crippen LogP contribution is -2.24. The van der Waals surface area contributed by atoms with Gasteiger partial charge in [0, 0.05) is 5.92 Å². The van der Waals surface area contributed by atoms with Crippen LogP contribution in [-0.4, -0.2) is 12.7 Å². The van der Waals surface area contributed by atoms with Crippen LogP contribution in [0.3, 0.4) is 0 Å². The van der Waals surface area contributed by atoms with E-state index in [0.717, 1.165) is 30.3 Å². The van der Waals surface area contributed by atoms with Crippen molar-refractivity contribution in [2.45, 2.75) is 109 Å². The molecule has 1 nitrogen and oxygen atoms in total. The SMILES string of the molecule is CCCC1C=CC(COC2CCC(c3ccc(C4CCC(C)CC4)cc3)CC2)CC1. The summed E-state index contributed by atoms with van der Waals surface area (Å²) < 4.78 is 6.36. The number of allylic oxidation sites excluding steroid dienone is 1. The molecule has 3 aliphatic carbocycles. The molecule has 2 saturated carbocycles. The second kappa shape index (κ2) is 11.0. The Morgan fingerprint density at radius 2 is 1.23 bits per heavy atom. The van der Waals surface area contributed by atoms with Crippen molar-refractivity contribution in [3.63, 3.8) is 0 Å². The minimum atomic E-state index is 0.492. The molecule has 30 heavy (non-hydrogen) atoms. The normalized spacial score (nSPS) is 34.7. The van der Waals surface area contributed by atoms with Crippen molar-refractivity contribution in [1.82, 2.24) is 0 Å². The topological polar surface area (TPSA) is 9.23 Å². The van der Waals surface area contributed by atoms with Crippen LogP contribution < -0.4 is 0 Å². The van der Waals surface area contributed by atoms with Gasteiger partial charge < -0.3 is 4.74 Å². The lowest BCUT2D eigenvalue weighted by molar-refractivity contribution is 0.00925. The van der Waals surface area contributed by atoms with E-state index in [1.807, 2.05) is 0 Å². The maximum Gasteiger partial charge on any atom is 0.0575 e. The maximum atomic E-state index is 6.36. The predicted octanol–water partition coefficient (Wildman–Crippen LogP) is 8.41. The Kier molecular flexibility index (Phi) is 8.10. The minimum Gasteiger partial charge on any atom is -0.378 e. The fourth-order valence-corrected chi connectivity index (χ4v) is 6.14. The molecule has 1 aromatic rings. The van der Waals surface area contributed by atoms with E-state index in [9.17, 15) is 0 Å². The van der Waals surface area contributed by atoms with Crippen molar-refractivity contribution in [1.29, 1.82) is 0 Å². The van der Waals surface area contributed by atoms with Crippen LogP contribution in [0.1, 0.15) is 114 Å². The highest BCUT2D eigenvalue weighted by molar-refractivity contribution is 5.28. The van der Waals surface area contributed by atoms with E-state index >= 15 is 0 Å². The number of hydrogen-bond acceptors (Lipinski definition) is 1. The summed E-state index contributed by atoms with van der Waals surface area (Å²) in [5.74, 6) is 3.98. The summed E-state index contributed by atoms with van der Waals surface area (Å²) in [6, 6.07) is 9.77. The molecule has 2 atom stereocenters. The monoisotopic (exact) mass is 408 g/mol. The van der Waals surface area contributed by atoms with E-state index in [2.05, 4.69) is 50.3 Å². The highest BCUT2D eigenvalue weighted by atomic mass is 16.5. The highest BCUT2D eigenvalue weighted by Crippen LogP contribution is 2.38. The van der Waals surface area contributed by atoms with Crippen LogP contribution in [0.5, 0.6) is 0 Å². The quantitative estimate of drug-likeness (QED) is 0.411. The molecule has 0 aliphatic heterocycles. The van der Waals surface area contributed by atoms with Gasteiger partial charge in [0.05, 0.1) is 12.7 Å². The summed E-state index contributed by atoms with van der Waals surface area (Å²) in [7, 11) is 0. The van der Waals surface area contributed by atoms with Crippen molar-refractivity contribution in [3.8, 4) is 0 Å². The molecule has 0 amide bonds. The summed E-state index contributed by atoms with van der Waals surface area (Å²) in [6.45, 7) is 5.65. The van der Waals surface area contributed by atoms with E-state index in [-0.39, 0.29) is 0 Å². The Labute approximate surface area is 185 Å². The minimum absolute atomic E-state index is 0.492.